The van der Waals surface area contributed by atoms with E-state index in [4.69, 9.17) is 4.74 Å². The molecule has 0 radical (unpaired) electrons. The lowest BCUT2D eigenvalue weighted by Gasteiger charge is -2.38. The zero-order chi connectivity index (χ0) is 18.1. The Balaban J connectivity index is 2.08. The minimum atomic E-state index is -0.837. The Morgan fingerprint density at radius 2 is 1.92 bits per heavy atom. The van der Waals surface area contributed by atoms with E-state index < -0.39 is 11.2 Å². The predicted octanol–water partition coefficient (Wildman–Crippen LogP) is 4.27. The number of carbonyl (C=O) groups is 1. The smallest absolute Gasteiger partial charge is 0.410 e. The number of piperidine rings is 1. The van der Waals surface area contributed by atoms with Crippen LogP contribution < -0.4 is 0 Å². The first kappa shape index (κ1) is 18.8. The topological polar surface area (TPSA) is 49.8 Å². The number of hydrogen-bond acceptors (Lipinski definition) is 3. The highest BCUT2D eigenvalue weighted by molar-refractivity contribution is 5.68. The second-order valence-corrected chi connectivity index (χ2v) is 8.48. The fraction of sp³-hybridized carbons (Fsp3) is 0.650. The van der Waals surface area contributed by atoms with E-state index in [0.29, 0.717) is 24.9 Å². The average Bonchev–Trinajstić information content (AvgIpc) is 2.44. The van der Waals surface area contributed by atoms with Gasteiger partial charge in [0.25, 0.3) is 0 Å². The monoisotopic (exact) mass is 333 g/mol. The number of hydrogen-bond donors (Lipinski definition) is 1. The third-order valence-corrected chi connectivity index (χ3v) is 4.58. The van der Waals surface area contributed by atoms with Crippen molar-refractivity contribution < 1.29 is 14.6 Å². The maximum Gasteiger partial charge on any atom is 0.410 e. The van der Waals surface area contributed by atoms with Gasteiger partial charge in [-0.05, 0) is 64.0 Å². The fourth-order valence-electron chi connectivity index (χ4n) is 3.28. The lowest BCUT2D eigenvalue weighted by molar-refractivity contribution is 0.0155. The molecule has 1 heterocycles. The van der Waals surface area contributed by atoms with E-state index in [9.17, 15) is 9.90 Å². The van der Waals surface area contributed by atoms with E-state index in [1.807, 2.05) is 37.8 Å². The van der Waals surface area contributed by atoms with Crippen LogP contribution in [0.4, 0.5) is 4.79 Å². The molecule has 2 rings (SSSR count). The third kappa shape index (κ3) is 4.73. The SMILES string of the molecule is CC1CN(C(=O)OC(C)(C)C)CCC1c1cccc(C(C)(C)O)c1. The van der Waals surface area contributed by atoms with E-state index in [0.717, 1.165) is 12.0 Å². The quantitative estimate of drug-likeness (QED) is 0.879. The van der Waals surface area contributed by atoms with Gasteiger partial charge in [-0.3, -0.25) is 0 Å². The normalized spacial score (nSPS) is 22.4. The minimum Gasteiger partial charge on any atom is -0.444 e. The standard InChI is InChI=1S/C20H31NO3/c1-14-13-21(18(22)24-19(2,3)4)11-10-17(14)15-8-7-9-16(12-15)20(5,6)23/h7-9,12,14,17,23H,10-11,13H2,1-6H3. The van der Waals surface area contributed by atoms with Crippen LogP contribution in [0.1, 0.15) is 65.0 Å². The van der Waals surface area contributed by atoms with Crippen LogP contribution in [0.2, 0.25) is 0 Å². The fourth-order valence-corrected chi connectivity index (χ4v) is 3.28. The van der Waals surface area contributed by atoms with Crippen LogP contribution in [0.5, 0.6) is 0 Å². The van der Waals surface area contributed by atoms with E-state index in [-0.39, 0.29) is 6.09 Å². The van der Waals surface area contributed by atoms with Gasteiger partial charge in [-0.1, -0.05) is 31.2 Å². The first-order valence-electron chi connectivity index (χ1n) is 8.78. The molecule has 0 aliphatic carbocycles. The first-order valence-corrected chi connectivity index (χ1v) is 8.78. The van der Waals surface area contributed by atoms with Gasteiger partial charge in [-0.2, -0.15) is 0 Å². The molecular weight excluding hydrogens is 302 g/mol. The highest BCUT2D eigenvalue weighted by atomic mass is 16.6. The van der Waals surface area contributed by atoms with Gasteiger partial charge in [-0.25, -0.2) is 4.79 Å². The number of likely N-dealkylation sites (tertiary alicyclic amines) is 1. The Labute approximate surface area is 145 Å². The molecule has 0 saturated carbocycles. The second kappa shape index (κ2) is 6.75. The predicted molar refractivity (Wildman–Crippen MR) is 96.0 cm³/mol. The third-order valence-electron chi connectivity index (χ3n) is 4.58. The van der Waals surface area contributed by atoms with Crippen molar-refractivity contribution in [1.82, 2.24) is 4.90 Å². The zero-order valence-corrected chi connectivity index (χ0v) is 15.8. The number of aliphatic hydroxyl groups is 1. The van der Waals surface area contributed by atoms with Crippen molar-refractivity contribution in [2.24, 2.45) is 5.92 Å². The summed E-state index contributed by atoms with van der Waals surface area (Å²) in [6, 6.07) is 8.20. The molecule has 1 fully saturated rings. The summed E-state index contributed by atoms with van der Waals surface area (Å²) in [4.78, 5) is 14.1. The highest BCUT2D eigenvalue weighted by Gasteiger charge is 2.32. The molecule has 1 aromatic carbocycles. The van der Waals surface area contributed by atoms with Gasteiger partial charge >= 0.3 is 6.09 Å². The van der Waals surface area contributed by atoms with Crippen LogP contribution >= 0.6 is 0 Å². The molecule has 1 aliphatic rings. The number of nitrogens with zero attached hydrogens (tertiary/aromatic N) is 1. The molecular formula is C20H31NO3. The van der Waals surface area contributed by atoms with Crippen LogP contribution in [0, 0.1) is 5.92 Å². The summed E-state index contributed by atoms with van der Waals surface area (Å²) in [6.45, 7) is 12.9. The summed E-state index contributed by atoms with van der Waals surface area (Å²) in [5.41, 5.74) is 0.877. The minimum absolute atomic E-state index is 0.224. The summed E-state index contributed by atoms with van der Waals surface area (Å²) in [6.07, 6.45) is 0.688. The molecule has 4 nitrogen and oxygen atoms in total. The Hall–Kier alpha value is -1.55. The van der Waals surface area contributed by atoms with Crippen LogP contribution in [0.3, 0.4) is 0 Å². The molecule has 0 bridgehead atoms. The molecule has 1 amide bonds. The number of carbonyl (C=O) groups excluding carboxylic acids is 1. The molecule has 1 aromatic rings. The van der Waals surface area contributed by atoms with Crippen molar-refractivity contribution in [3.05, 3.63) is 35.4 Å². The second-order valence-electron chi connectivity index (χ2n) is 8.48. The summed E-state index contributed by atoms with van der Waals surface area (Å²) in [5.74, 6) is 0.745. The van der Waals surface area contributed by atoms with Gasteiger partial charge in [0, 0.05) is 13.1 Å². The Morgan fingerprint density at radius 1 is 1.25 bits per heavy atom. The molecule has 0 spiro atoms. The molecule has 1 aliphatic heterocycles. The van der Waals surface area contributed by atoms with Crippen molar-refractivity contribution >= 4 is 6.09 Å². The van der Waals surface area contributed by atoms with Crippen molar-refractivity contribution in [2.75, 3.05) is 13.1 Å². The van der Waals surface area contributed by atoms with Gasteiger partial charge in [0.15, 0.2) is 0 Å². The molecule has 134 valence electrons. The molecule has 24 heavy (non-hydrogen) atoms. The van der Waals surface area contributed by atoms with E-state index in [2.05, 4.69) is 19.1 Å². The molecule has 4 heteroatoms. The van der Waals surface area contributed by atoms with Gasteiger partial charge in [0.2, 0.25) is 0 Å². The van der Waals surface area contributed by atoms with Gasteiger partial charge in [0.1, 0.15) is 5.60 Å². The lowest BCUT2D eigenvalue weighted by atomic mass is 9.80. The van der Waals surface area contributed by atoms with Crippen molar-refractivity contribution in [2.45, 2.75) is 65.1 Å². The number of rotatable bonds is 2. The summed E-state index contributed by atoms with van der Waals surface area (Å²) in [7, 11) is 0. The number of amides is 1. The summed E-state index contributed by atoms with van der Waals surface area (Å²) < 4.78 is 5.48. The maximum atomic E-state index is 12.3. The van der Waals surface area contributed by atoms with Crippen LogP contribution in [-0.4, -0.2) is 34.8 Å². The van der Waals surface area contributed by atoms with Crippen LogP contribution in [0.25, 0.3) is 0 Å². The average molecular weight is 333 g/mol. The maximum absolute atomic E-state index is 12.3. The Kier molecular flexibility index (Phi) is 5.28. The summed E-state index contributed by atoms with van der Waals surface area (Å²) >= 11 is 0. The lowest BCUT2D eigenvalue weighted by Crippen LogP contribution is -2.44. The van der Waals surface area contributed by atoms with Crippen molar-refractivity contribution in [3.63, 3.8) is 0 Å². The van der Waals surface area contributed by atoms with E-state index in [1.54, 1.807) is 13.8 Å². The number of benzene rings is 1. The first-order chi connectivity index (χ1) is 11.0. The van der Waals surface area contributed by atoms with Crippen molar-refractivity contribution in [3.8, 4) is 0 Å². The molecule has 2 atom stereocenters. The largest absolute Gasteiger partial charge is 0.444 e. The molecule has 2 unspecified atom stereocenters. The van der Waals surface area contributed by atoms with E-state index in [1.165, 1.54) is 5.56 Å². The summed E-state index contributed by atoms with van der Waals surface area (Å²) in [5, 5.41) is 10.2. The van der Waals surface area contributed by atoms with Crippen molar-refractivity contribution in [1.29, 1.82) is 0 Å². The van der Waals surface area contributed by atoms with Crippen LogP contribution in [-0.2, 0) is 10.3 Å². The molecule has 1 N–H and O–H groups in total. The number of ether oxygens (including phenoxy) is 1. The zero-order valence-electron chi connectivity index (χ0n) is 15.8. The molecule has 1 saturated heterocycles. The van der Waals surface area contributed by atoms with Gasteiger partial charge < -0.3 is 14.7 Å². The molecule has 0 aromatic heterocycles. The van der Waals surface area contributed by atoms with Gasteiger partial charge in [0.05, 0.1) is 5.60 Å². The van der Waals surface area contributed by atoms with E-state index >= 15 is 0 Å². The van der Waals surface area contributed by atoms with Crippen LogP contribution in [0.15, 0.2) is 24.3 Å². The Morgan fingerprint density at radius 3 is 2.46 bits per heavy atom. The Bertz CT molecular complexity index is 583. The highest BCUT2D eigenvalue weighted by Crippen LogP contribution is 2.35. The van der Waals surface area contributed by atoms with Gasteiger partial charge in [-0.15, -0.1) is 0 Å².